The van der Waals surface area contributed by atoms with E-state index in [0.717, 1.165) is 43.4 Å². The van der Waals surface area contributed by atoms with E-state index in [9.17, 15) is 10.2 Å². The first-order valence-corrected chi connectivity index (χ1v) is 7.00. The minimum Gasteiger partial charge on any atom is -0.508 e. The molecule has 1 atom stereocenters. The van der Waals surface area contributed by atoms with Crippen LogP contribution in [0.25, 0.3) is 0 Å². The maximum atomic E-state index is 10.1. The number of hydrogen-bond donors (Lipinski definition) is 3. The summed E-state index contributed by atoms with van der Waals surface area (Å²) in [5.41, 5.74) is 2.10. The molecule has 3 nitrogen and oxygen atoms in total. The number of aromatic hydroxyl groups is 2. The summed E-state index contributed by atoms with van der Waals surface area (Å²) >= 11 is 0. The number of phenolic OH excluding ortho intramolecular Hbond substituents is 2. The van der Waals surface area contributed by atoms with Gasteiger partial charge in [-0.2, -0.15) is 0 Å². The quantitative estimate of drug-likeness (QED) is 0.702. The molecule has 3 N–H and O–H groups in total. The average Bonchev–Trinajstić information content (AvgIpc) is 2.82. The second kappa shape index (κ2) is 6.10. The van der Waals surface area contributed by atoms with Crippen molar-refractivity contribution in [2.75, 3.05) is 6.54 Å². The molecule has 0 aromatic heterocycles. The molecule has 1 aliphatic heterocycles. The molecule has 1 aromatic carbocycles. The molecule has 0 radical (unpaired) electrons. The van der Waals surface area contributed by atoms with Gasteiger partial charge in [0, 0.05) is 17.7 Å². The van der Waals surface area contributed by atoms with Gasteiger partial charge < -0.3 is 15.5 Å². The Hall–Kier alpha value is -1.22. The summed E-state index contributed by atoms with van der Waals surface area (Å²) in [5, 5.41) is 23.1. The number of rotatable bonds is 5. The topological polar surface area (TPSA) is 52.5 Å². The predicted octanol–water partition coefficient (Wildman–Crippen LogP) is 3.26. The van der Waals surface area contributed by atoms with E-state index in [1.807, 2.05) is 6.07 Å². The highest BCUT2D eigenvalue weighted by atomic mass is 16.3. The summed E-state index contributed by atoms with van der Waals surface area (Å²) in [4.78, 5) is 0. The third-order valence-electron chi connectivity index (χ3n) is 3.69. The zero-order valence-corrected chi connectivity index (χ0v) is 11.1. The molecule has 1 aliphatic rings. The number of phenols is 2. The van der Waals surface area contributed by atoms with Gasteiger partial charge in [0.1, 0.15) is 11.5 Å². The van der Waals surface area contributed by atoms with Crippen molar-refractivity contribution < 1.29 is 10.2 Å². The van der Waals surface area contributed by atoms with Crippen molar-refractivity contribution in [1.82, 2.24) is 5.32 Å². The number of nitrogens with one attached hydrogen (secondary N) is 1. The fourth-order valence-corrected chi connectivity index (χ4v) is 2.79. The summed E-state index contributed by atoms with van der Waals surface area (Å²) in [7, 11) is 0. The smallest absolute Gasteiger partial charge is 0.124 e. The van der Waals surface area contributed by atoms with Crippen LogP contribution < -0.4 is 5.32 Å². The van der Waals surface area contributed by atoms with E-state index >= 15 is 0 Å². The molecule has 1 aromatic rings. The SMILES string of the molecule is CCCCCc1cc(O)cc(O)c1C1CCCN1. The molecule has 100 valence electrons. The van der Waals surface area contributed by atoms with Crippen LogP contribution in [-0.4, -0.2) is 16.8 Å². The number of aryl methyl sites for hydroxylation is 1. The van der Waals surface area contributed by atoms with Crippen LogP contribution in [0.4, 0.5) is 0 Å². The van der Waals surface area contributed by atoms with Gasteiger partial charge in [0.25, 0.3) is 0 Å². The lowest BCUT2D eigenvalue weighted by molar-refractivity contribution is 0.436. The lowest BCUT2D eigenvalue weighted by Crippen LogP contribution is -2.15. The van der Waals surface area contributed by atoms with E-state index in [4.69, 9.17) is 0 Å². The largest absolute Gasteiger partial charge is 0.508 e. The van der Waals surface area contributed by atoms with Gasteiger partial charge in [-0.25, -0.2) is 0 Å². The van der Waals surface area contributed by atoms with Gasteiger partial charge in [-0.15, -0.1) is 0 Å². The molecule has 0 amide bonds. The number of unbranched alkanes of at least 4 members (excludes halogenated alkanes) is 2. The summed E-state index contributed by atoms with van der Waals surface area (Å²) in [5.74, 6) is 0.404. The van der Waals surface area contributed by atoms with Crippen molar-refractivity contribution in [3.05, 3.63) is 23.3 Å². The first-order valence-electron chi connectivity index (χ1n) is 7.00. The molecular formula is C15H23NO2. The zero-order valence-electron chi connectivity index (χ0n) is 11.1. The Labute approximate surface area is 109 Å². The van der Waals surface area contributed by atoms with Crippen LogP contribution in [-0.2, 0) is 6.42 Å². The Morgan fingerprint density at radius 1 is 1.28 bits per heavy atom. The van der Waals surface area contributed by atoms with Crippen molar-refractivity contribution in [2.24, 2.45) is 0 Å². The average molecular weight is 249 g/mol. The molecule has 0 aliphatic carbocycles. The Kier molecular flexibility index (Phi) is 4.48. The normalized spacial score (nSPS) is 19.3. The van der Waals surface area contributed by atoms with E-state index in [2.05, 4.69) is 12.2 Å². The summed E-state index contributed by atoms with van der Waals surface area (Å²) in [6.07, 6.45) is 6.64. The van der Waals surface area contributed by atoms with Crippen molar-refractivity contribution in [1.29, 1.82) is 0 Å². The van der Waals surface area contributed by atoms with Crippen molar-refractivity contribution in [2.45, 2.75) is 51.5 Å². The van der Waals surface area contributed by atoms with Crippen molar-refractivity contribution in [3.8, 4) is 11.5 Å². The Morgan fingerprint density at radius 3 is 2.78 bits per heavy atom. The Bertz CT molecular complexity index is 398. The first kappa shape index (κ1) is 13.2. The molecule has 1 fully saturated rings. The van der Waals surface area contributed by atoms with Gasteiger partial charge in [-0.3, -0.25) is 0 Å². The van der Waals surface area contributed by atoms with Gasteiger partial charge in [0.05, 0.1) is 0 Å². The van der Waals surface area contributed by atoms with E-state index in [-0.39, 0.29) is 17.5 Å². The van der Waals surface area contributed by atoms with Gasteiger partial charge >= 0.3 is 0 Å². The van der Waals surface area contributed by atoms with E-state index in [1.165, 1.54) is 18.9 Å². The first-order chi connectivity index (χ1) is 8.72. The minimum absolute atomic E-state index is 0.167. The molecule has 0 bridgehead atoms. The highest BCUT2D eigenvalue weighted by molar-refractivity contribution is 5.47. The second-order valence-corrected chi connectivity index (χ2v) is 5.14. The third-order valence-corrected chi connectivity index (χ3v) is 3.69. The van der Waals surface area contributed by atoms with Crippen LogP contribution in [0.15, 0.2) is 12.1 Å². The molecule has 0 spiro atoms. The van der Waals surface area contributed by atoms with Gasteiger partial charge in [-0.1, -0.05) is 19.8 Å². The highest BCUT2D eigenvalue weighted by Crippen LogP contribution is 2.36. The van der Waals surface area contributed by atoms with Gasteiger partial charge in [0.15, 0.2) is 0 Å². The summed E-state index contributed by atoms with van der Waals surface area (Å²) in [6.45, 7) is 3.19. The van der Waals surface area contributed by atoms with Crippen molar-refractivity contribution in [3.63, 3.8) is 0 Å². The molecule has 1 heterocycles. The van der Waals surface area contributed by atoms with Crippen LogP contribution in [0.3, 0.4) is 0 Å². The van der Waals surface area contributed by atoms with Gasteiger partial charge in [-0.05, 0) is 43.9 Å². The molecule has 2 rings (SSSR count). The Balaban J connectivity index is 2.23. The van der Waals surface area contributed by atoms with E-state index in [0.29, 0.717) is 0 Å². The van der Waals surface area contributed by atoms with Crippen LogP contribution in [0.5, 0.6) is 11.5 Å². The summed E-state index contributed by atoms with van der Waals surface area (Å²) in [6, 6.07) is 3.52. The molecule has 18 heavy (non-hydrogen) atoms. The van der Waals surface area contributed by atoms with Crippen LogP contribution in [0.1, 0.15) is 56.2 Å². The molecule has 3 heteroatoms. The van der Waals surface area contributed by atoms with E-state index in [1.54, 1.807) is 0 Å². The number of hydrogen-bond acceptors (Lipinski definition) is 3. The molecular weight excluding hydrogens is 226 g/mol. The maximum Gasteiger partial charge on any atom is 0.124 e. The highest BCUT2D eigenvalue weighted by Gasteiger charge is 2.22. The van der Waals surface area contributed by atoms with E-state index < -0.39 is 0 Å². The lowest BCUT2D eigenvalue weighted by atomic mass is 9.94. The van der Waals surface area contributed by atoms with Crippen LogP contribution in [0.2, 0.25) is 0 Å². The predicted molar refractivity (Wildman–Crippen MR) is 73.0 cm³/mol. The summed E-state index contributed by atoms with van der Waals surface area (Å²) < 4.78 is 0. The number of benzene rings is 1. The lowest BCUT2D eigenvalue weighted by Gasteiger charge is -2.18. The molecule has 1 unspecified atom stereocenters. The van der Waals surface area contributed by atoms with Crippen LogP contribution >= 0.6 is 0 Å². The minimum atomic E-state index is 0.167. The fourth-order valence-electron chi connectivity index (χ4n) is 2.79. The Morgan fingerprint density at radius 2 is 2.11 bits per heavy atom. The monoisotopic (exact) mass is 249 g/mol. The molecule has 0 saturated carbocycles. The van der Waals surface area contributed by atoms with Gasteiger partial charge in [0.2, 0.25) is 0 Å². The third kappa shape index (κ3) is 2.96. The van der Waals surface area contributed by atoms with Crippen LogP contribution in [0, 0.1) is 0 Å². The maximum absolute atomic E-state index is 10.1. The molecule has 1 saturated heterocycles. The standard InChI is InChI=1S/C15H23NO2/c1-2-3-4-6-11-9-12(17)10-14(18)15(11)13-7-5-8-16-13/h9-10,13,16-18H,2-8H2,1H3. The second-order valence-electron chi connectivity index (χ2n) is 5.14. The zero-order chi connectivity index (χ0) is 13.0. The fraction of sp³-hybridized carbons (Fsp3) is 0.600. The van der Waals surface area contributed by atoms with Crippen molar-refractivity contribution >= 4 is 0 Å².